The van der Waals surface area contributed by atoms with Crippen molar-refractivity contribution in [3.8, 4) is 10.8 Å². The maximum atomic E-state index is 13.1. The quantitative estimate of drug-likeness (QED) is 0.437. The van der Waals surface area contributed by atoms with Crippen molar-refractivity contribution in [2.24, 2.45) is 0 Å². The highest BCUT2D eigenvalue weighted by molar-refractivity contribution is 7.21. The van der Waals surface area contributed by atoms with E-state index in [-0.39, 0.29) is 5.91 Å². The number of carbonyl (C=O) groups is 1. The molecule has 3 heterocycles. The smallest absolute Gasteiger partial charge is 0.289 e. The number of amides is 1. The third-order valence-corrected chi connectivity index (χ3v) is 6.26. The van der Waals surface area contributed by atoms with Gasteiger partial charge in [-0.25, -0.2) is 4.98 Å². The van der Waals surface area contributed by atoms with Crippen LogP contribution in [0.25, 0.3) is 21.0 Å². The molecule has 0 aliphatic carbocycles. The largest absolute Gasteiger partial charge is 0.448 e. The van der Waals surface area contributed by atoms with E-state index >= 15 is 0 Å². The van der Waals surface area contributed by atoms with Gasteiger partial charge in [0.2, 0.25) is 0 Å². The highest BCUT2D eigenvalue weighted by atomic mass is 32.1. The number of hydrogen-bond acceptors (Lipinski definition) is 6. The minimum absolute atomic E-state index is 0.0948. The Morgan fingerprint density at radius 3 is 2.68 bits per heavy atom. The molecule has 1 amide bonds. The number of furan rings is 1. The predicted molar refractivity (Wildman–Crippen MR) is 115 cm³/mol. The summed E-state index contributed by atoms with van der Waals surface area (Å²) in [6.45, 7) is 2.02. The van der Waals surface area contributed by atoms with Gasteiger partial charge in [0.1, 0.15) is 0 Å². The fourth-order valence-corrected chi connectivity index (χ4v) is 4.51. The number of para-hydroxylation sites is 1. The van der Waals surface area contributed by atoms with Crippen molar-refractivity contribution in [3.05, 3.63) is 64.5 Å². The van der Waals surface area contributed by atoms with E-state index < -0.39 is 0 Å². The lowest BCUT2D eigenvalue weighted by Gasteiger charge is -2.23. The fraction of sp³-hybridized carbons (Fsp3) is 0.238. The molecule has 144 valence electrons. The van der Waals surface area contributed by atoms with Gasteiger partial charge in [-0.1, -0.05) is 18.2 Å². The summed E-state index contributed by atoms with van der Waals surface area (Å²) in [5.41, 5.74) is 0.942. The first-order valence-electron chi connectivity index (χ1n) is 9.02. The van der Waals surface area contributed by atoms with Gasteiger partial charge in [-0.3, -0.25) is 4.79 Å². The van der Waals surface area contributed by atoms with E-state index in [4.69, 9.17) is 4.42 Å². The average Bonchev–Trinajstić information content (AvgIpc) is 3.44. The van der Waals surface area contributed by atoms with Crippen LogP contribution in [0.2, 0.25) is 0 Å². The summed E-state index contributed by atoms with van der Waals surface area (Å²) < 4.78 is 7.02. The number of thiophene rings is 1. The molecule has 0 bridgehead atoms. The zero-order chi connectivity index (χ0) is 19.5. The number of benzene rings is 1. The first-order valence-corrected chi connectivity index (χ1v) is 10.7. The lowest BCUT2D eigenvalue weighted by atomic mass is 10.3. The Balaban J connectivity index is 1.56. The van der Waals surface area contributed by atoms with Crippen LogP contribution in [0.4, 0.5) is 0 Å². The van der Waals surface area contributed by atoms with Gasteiger partial charge in [-0.2, -0.15) is 0 Å². The van der Waals surface area contributed by atoms with Crippen LogP contribution >= 0.6 is 22.7 Å². The molecule has 0 atom stereocenters. The van der Waals surface area contributed by atoms with Crippen molar-refractivity contribution in [2.45, 2.75) is 6.54 Å². The molecule has 0 fully saturated rings. The zero-order valence-corrected chi connectivity index (χ0v) is 17.4. The normalized spacial score (nSPS) is 11.4. The van der Waals surface area contributed by atoms with Crippen LogP contribution < -0.4 is 0 Å². The number of nitrogens with zero attached hydrogens (tertiary/aromatic N) is 3. The molecule has 0 radical (unpaired) electrons. The second-order valence-electron chi connectivity index (χ2n) is 6.76. The number of thiazole rings is 1. The van der Waals surface area contributed by atoms with Gasteiger partial charge >= 0.3 is 0 Å². The van der Waals surface area contributed by atoms with Gasteiger partial charge in [0.15, 0.2) is 16.5 Å². The Bertz CT molecular complexity index is 1030. The molecule has 0 aliphatic heterocycles. The van der Waals surface area contributed by atoms with Gasteiger partial charge in [0.25, 0.3) is 5.91 Å². The summed E-state index contributed by atoms with van der Waals surface area (Å²) in [5, 5.41) is 2.82. The minimum Gasteiger partial charge on any atom is -0.448 e. The molecule has 7 heteroatoms. The molecule has 0 N–H and O–H groups in total. The Morgan fingerprint density at radius 1 is 1.07 bits per heavy atom. The summed E-state index contributed by atoms with van der Waals surface area (Å²) in [6, 6.07) is 15.6. The van der Waals surface area contributed by atoms with Crippen LogP contribution in [-0.2, 0) is 6.54 Å². The van der Waals surface area contributed by atoms with Gasteiger partial charge in [-0.05, 0) is 49.8 Å². The molecule has 0 spiro atoms. The molecule has 1 aromatic carbocycles. The summed E-state index contributed by atoms with van der Waals surface area (Å²) in [7, 11) is 4.01. The molecule has 0 saturated carbocycles. The second kappa shape index (κ2) is 8.26. The molecule has 4 rings (SSSR count). The van der Waals surface area contributed by atoms with Crippen molar-refractivity contribution in [1.82, 2.24) is 14.8 Å². The first kappa shape index (κ1) is 18.9. The second-order valence-corrected chi connectivity index (χ2v) is 8.82. The number of hydrogen-bond donors (Lipinski definition) is 0. The molecule has 0 unspecified atom stereocenters. The zero-order valence-electron chi connectivity index (χ0n) is 15.8. The lowest BCUT2D eigenvalue weighted by Crippen LogP contribution is -2.35. The van der Waals surface area contributed by atoms with Crippen LogP contribution in [0.1, 0.15) is 15.4 Å². The van der Waals surface area contributed by atoms with E-state index in [1.165, 1.54) is 0 Å². The summed E-state index contributed by atoms with van der Waals surface area (Å²) in [5.74, 6) is 0.889. The van der Waals surface area contributed by atoms with E-state index in [2.05, 4.69) is 16.0 Å². The predicted octanol–water partition coefficient (Wildman–Crippen LogP) is 4.82. The summed E-state index contributed by atoms with van der Waals surface area (Å²) in [6.07, 6.45) is 0. The number of rotatable bonds is 7. The summed E-state index contributed by atoms with van der Waals surface area (Å²) in [4.78, 5) is 22.8. The Hall–Kier alpha value is -2.48. The van der Waals surface area contributed by atoms with Crippen LogP contribution in [0, 0.1) is 0 Å². The molecule has 0 saturated heterocycles. The third kappa shape index (κ3) is 4.16. The Kier molecular flexibility index (Phi) is 5.57. The number of likely N-dealkylation sites (N-methyl/N-ethyl adjacent to an activating group) is 1. The van der Waals surface area contributed by atoms with Crippen LogP contribution in [0.5, 0.6) is 0 Å². The molecule has 5 nitrogen and oxygen atoms in total. The number of fused-ring (bicyclic) bond motifs is 1. The molecule has 28 heavy (non-hydrogen) atoms. The average molecular weight is 412 g/mol. The van der Waals surface area contributed by atoms with Gasteiger partial charge in [-0.15, -0.1) is 22.7 Å². The minimum atomic E-state index is -0.0948. The van der Waals surface area contributed by atoms with Crippen LogP contribution in [-0.4, -0.2) is 47.9 Å². The van der Waals surface area contributed by atoms with Crippen LogP contribution in [0.15, 0.2) is 58.3 Å². The van der Waals surface area contributed by atoms with E-state index in [1.54, 1.807) is 28.7 Å². The number of carbonyl (C=O) groups excluding carboxylic acids is 1. The van der Waals surface area contributed by atoms with Crippen molar-refractivity contribution < 1.29 is 9.21 Å². The summed E-state index contributed by atoms with van der Waals surface area (Å²) >= 11 is 3.22. The van der Waals surface area contributed by atoms with Crippen molar-refractivity contribution in [3.63, 3.8) is 0 Å². The molecular weight excluding hydrogens is 390 g/mol. The topological polar surface area (TPSA) is 49.6 Å². The van der Waals surface area contributed by atoms with Gasteiger partial charge in [0, 0.05) is 18.0 Å². The van der Waals surface area contributed by atoms with Crippen molar-refractivity contribution in [2.75, 3.05) is 27.2 Å². The molecule has 4 aromatic rings. The highest BCUT2D eigenvalue weighted by Crippen LogP contribution is 2.31. The van der Waals surface area contributed by atoms with E-state index in [9.17, 15) is 4.79 Å². The highest BCUT2D eigenvalue weighted by Gasteiger charge is 2.21. The lowest BCUT2D eigenvalue weighted by molar-refractivity contribution is 0.0702. The maximum Gasteiger partial charge on any atom is 0.289 e. The van der Waals surface area contributed by atoms with E-state index in [1.807, 2.05) is 60.8 Å². The fourth-order valence-electron chi connectivity index (χ4n) is 2.86. The Labute approximate surface area is 171 Å². The molecule has 0 aliphatic rings. The third-order valence-electron chi connectivity index (χ3n) is 4.35. The SMILES string of the molecule is CN(C)CCN(Cc1cccs1)C(=O)c1ccc(-c2nc3ccccc3s2)o1. The van der Waals surface area contributed by atoms with Crippen LogP contribution in [0.3, 0.4) is 0 Å². The van der Waals surface area contributed by atoms with Gasteiger partial charge in [0.05, 0.1) is 16.8 Å². The Morgan fingerprint density at radius 2 is 1.93 bits per heavy atom. The van der Waals surface area contributed by atoms with Crippen molar-refractivity contribution in [1.29, 1.82) is 0 Å². The number of aromatic nitrogens is 1. The maximum absolute atomic E-state index is 13.1. The molecule has 3 aromatic heterocycles. The van der Waals surface area contributed by atoms with Gasteiger partial charge < -0.3 is 14.2 Å². The van der Waals surface area contributed by atoms with Crippen molar-refractivity contribution >= 4 is 38.8 Å². The monoisotopic (exact) mass is 411 g/mol. The standard InChI is InChI=1S/C21H21N3O2S2/c1-23(2)11-12-24(14-15-6-5-13-27-15)21(25)18-10-9-17(26-18)20-22-16-7-3-4-8-19(16)28-20/h3-10,13H,11-12,14H2,1-2H3. The first-order chi connectivity index (χ1) is 13.6. The van der Waals surface area contributed by atoms with E-state index in [0.717, 1.165) is 26.6 Å². The molecular formula is C21H21N3O2S2. The van der Waals surface area contributed by atoms with E-state index in [0.29, 0.717) is 24.6 Å².